The molecule has 0 heterocycles. The summed E-state index contributed by atoms with van der Waals surface area (Å²) in [5.41, 5.74) is -2.16. The molecule has 0 aliphatic heterocycles. The fourth-order valence-corrected chi connectivity index (χ4v) is 5.05. The van der Waals surface area contributed by atoms with Crippen molar-refractivity contribution in [2.45, 2.75) is 45.9 Å². The minimum atomic E-state index is -3.71. The van der Waals surface area contributed by atoms with E-state index in [1.54, 1.807) is 27.7 Å². The molecule has 0 aromatic carbocycles. The van der Waals surface area contributed by atoms with E-state index in [9.17, 15) is 17.8 Å². The van der Waals surface area contributed by atoms with E-state index in [0.717, 1.165) is 6.26 Å². The van der Waals surface area contributed by atoms with Gasteiger partial charge in [-0.15, -0.1) is 0 Å². The lowest BCUT2D eigenvalue weighted by molar-refractivity contribution is -0.170. The first kappa shape index (κ1) is 21.4. The fraction of sp³-hybridized carbons (Fsp3) is 0.923. The molecule has 9 heteroatoms. The van der Waals surface area contributed by atoms with Crippen LogP contribution in [0.15, 0.2) is 0 Å². The third-order valence-corrected chi connectivity index (χ3v) is 5.84. The zero-order chi connectivity index (χ0) is 17.6. The Labute approximate surface area is 133 Å². The number of ether oxygens (including phenoxy) is 2. The zero-order valence-electron chi connectivity index (χ0n) is 14.0. The molecule has 7 nitrogen and oxygen atoms in total. The molecule has 0 N–H and O–H groups in total. The molecule has 0 spiro atoms. The van der Waals surface area contributed by atoms with Crippen LogP contribution in [0.4, 0.5) is 0 Å². The van der Waals surface area contributed by atoms with Crippen molar-refractivity contribution in [3.63, 3.8) is 0 Å². The van der Waals surface area contributed by atoms with Gasteiger partial charge in [-0.2, -0.15) is 8.42 Å². The van der Waals surface area contributed by atoms with Crippen molar-refractivity contribution in [2.75, 3.05) is 25.8 Å². The quantitative estimate of drug-likeness (QED) is 0.336. The summed E-state index contributed by atoms with van der Waals surface area (Å²) in [6.07, 6.45) is 0.396. The number of rotatable bonds is 10. The van der Waals surface area contributed by atoms with Gasteiger partial charge in [0.2, 0.25) is 5.60 Å². The summed E-state index contributed by atoms with van der Waals surface area (Å²) in [6.45, 7) is 8.88. The van der Waals surface area contributed by atoms with Gasteiger partial charge in [0.1, 0.15) is 0 Å². The van der Waals surface area contributed by atoms with Crippen molar-refractivity contribution in [1.29, 1.82) is 0 Å². The second kappa shape index (κ2) is 8.91. The normalized spacial score (nSPS) is 17.0. The SMILES string of the molecule is CCOC(=O)C(C)(OCC)C(C(C)C)[P+](=O)COS(C)(=O)=O. The molecule has 0 bridgehead atoms. The average molecular weight is 357 g/mol. The van der Waals surface area contributed by atoms with E-state index in [0.29, 0.717) is 0 Å². The van der Waals surface area contributed by atoms with E-state index in [-0.39, 0.29) is 19.1 Å². The maximum Gasteiger partial charge on any atom is 0.375 e. The number of esters is 1. The van der Waals surface area contributed by atoms with Gasteiger partial charge in [-0.05, 0) is 20.8 Å². The minimum Gasteiger partial charge on any atom is -0.464 e. The van der Waals surface area contributed by atoms with Crippen LogP contribution in [-0.4, -0.2) is 51.5 Å². The van der Waals surface area contributed by atoms with Crippen LogP contribution >= 0.6 is 7.80 Å². The predicted octanol–water partition coefficient (Wildman–Crippen LogP) is 2.13. The molecule has 0 radical (unpaired) electrons. The molecule has 0 aromatic heterocycles. The lowest BCUT2D eigenvalue weighted by atomic mass is 9.93. The molecule has 0 saturated heterocycles. The lowest BCUT2D eigenvalue weighted by Gasteiger charge is -2.31. The van der Waals surface area contributed by atoms with E-state index in [1.165, 1.54) is 6.92 Å². The average Bonchev–Trinajstić information content (AvgIpc) is 2.35. The predicted molar refractivity (Wildman–Crippen MR) is 83.7 cm³/mol. The summed E-state index contributed by atoms with van der Waals surface area (Å²) in [5, 5.41) is 0. The summed E-state index contributed by atoms with van der Waals surface area (Å²) < 4.78 is 49.9. The van der Waals surface area contributed by atoms with Gasteiger partial charge < -0.3 is 9.47 Å². The summed E-state index contributed by atoms with van der Waals surface area (Å²) in [4.78, 5) is 12.3. The highest BCUT2D eigenvalue weighted by Gasteiger charge is 2.56. The van der Waals surface area contributed by atoms with Crippen LogP contribution in [0.3, 0.4) is 0 Å². The third-order valence-electron chi connectivity index (χ3n) is 3.03. The highest BCUT2D eigenvalue weighted by molar-refractivity contribution is 7.86. The van der Waals surface area contributed by atoms with Crippen molar-refractivity contribution >= 4 is 23.9 Å². The number of carbonyl (C=O) groups excluding carboxylic acids is 1. The first-order chi connectivity index (χ1) is 9.99. The second-order valence-electron chi connectivity index (χ2n) is 5.32. The van der Waals surface area contributed by atoms with Gasteiger partial charge in [0, 0.05) is 12.5 Å². The van der Waals surface area contributed by atoms with Gasteiger partial charge >= 0.3 is 13.8 Å². The minimum absolute atomic E-state index is 0.170. The zero-order valence-corrected chi connectivity index (χ0v) is 15.7. The molecular weight excluding hydrogens is 331 g/mol. The molecule has 3 atom stereocenters. The van der Waals surface area contributed by atoms with Crippen molar-refractivity contribution < 1.29 is 31.4 Å². The molecule has 0 rings (SSSR count). The maximum atomic E-state index is 12.5. The first-order valence-electron chi connectivity index (χ1n) is 7.08. The Bertz CT molecular complexity index is 489. The van der Waals surface area contributed by atoms with Crippen LogP contribution in [0.1, 0.15) is 34.6 Å². The Morgan fingerprint density at radius 3 is 2.14 bits per heavy atom. The molecule has 0 amide bonds. The largest absolute Gasteiger partial charge is 0.464 e. The van der Waals surface area contributed by atoms with E-state index >= 15 is 0 Å². The highest BCUT2D eigenvalue weighted by atomic mass is 32.2. The van der Waals surface area contributed by atoms with Crippen molar-refractivity contribution in [3.05, 3.63) is 0 Å². The Kier molecular flexibility index (Phi) is 8.69. The van der Waals surface area contributed by atoms with Gasteiger partial charge in [0.05, 0.1) is 12.9 Å². The van der Waals surface area contributed by atoms with E-state index in [2.05, 4.69) is 4.18 Å². The first-order valence-corrected chi connectivity index (χ1v) is 10.4. The van der Waals surface area contributed by atoms with Gasteiger partial charge in [0.15, 0.2) is 5.66 Å². The van der Waals surface area contributed by atoms with E-state index in [4.69, 9.17) is 9.47 Å². The second-order valence-corrected chi connectivity index (χ2v) is 8.61. The molecule has 22 heavy (non-hydrogen) atoms. The van der Waals surface area contributed by atoms with Gasteiger partial charge in [-0.1, -0.05) is 18.4 Å². The molecule has 0 saturated carbocycles. The maximum absolute atomic E-state index is 12.5. The number of carbonyl (C=O) groups is 1. The van der Waals surface area contributed by atoms with Crippen molar-refractivity contribution in [1.82, 2.24) is 0 Å². The molecule has 0 aromatic rings. The van der Waals surface area contributed by atoms with E-state index < -0.39 is 41.5 Å². The van der Waals surface area contributed by atoms with Gasteiger partial charge in [-0.25, -0.2) is 8.98 Å². The van der Waals surface area contributed by atoms with Crippen LogP contribution in [0, 0.1) is 5.92 Å². The summed E-state index contributed by atoms with van der Waals surface area (Å²) >= 11 is 0. The molecular formula is C13H26O7PS+. The van der Waals surface area contributed by atoms with Crippen LogP contribution < -0.4 is 0 Å². The highest BCUT2D eigenvalue weighted by Crippen LogP contribution is 2.43. The smallest absolute Gasteiger partial charge is 0.375 e. The van der Waals surface area contributed by atoms with E-state index in [1.807, 2.05) is 0 Å². The lowest BCUT2D eigenvalue weighted by Crippen LogP contribution is -2.51. The Hall–Kier alpha value is -0.560. The van der Waals surface area contributed by atoms with Gasteiger partial charge in [0.25, 0.3) is 16.5 Å². The molecule has 3 unspecified atom stereocenters. The molecule has 0 aliphatic rings. The van der Waals surface area contributed by atoms with Crippen molar-refractivity contribution in [3.8, 4) is 0 Å². The Balaban J connectivity index is 5.47. The Morgan fingerprint density at radius 1 is 1.23 bits per heavy atom. The van der Waals surface area contributed by atoms with Crippen LogP contribution in [0.5, 0.6) is 0 Å². The third kappa shape index (κ3) is 6.28. The topological polar surface area (TPSA) is 96.0 Å². The monoisotopic (exact) mass is 357 g/mol. The van der Waals surface area contributed by atoms with Gasteiger partial charge in [-0.3, -0.25) is 0 Å². The summed E-state index contributed by atoms with van der Waals surface area (Å²) in [5.74, 6) is -0.814. The molecule has 0 fully saturated rings. The van der Waals surface area contributed by atoms with Crippen LogP contribution in [-0.2, 0) is 33.1 Å². The van der Waals surface area contributed by atoms with Crippen LogP contribution in [0.25, 0.3) is 0 Å². The Morgan fingerprint density at radius 2 is 1.77 bits per heavy atom. The summed E-state index contributed by atoms with van der Waals surface area (Å²) in [7, 11) is -5.88. The summed E-state index contributed by atoms with van der Waals surface area (Å²) in [6, 6.07) is 0. The van der Waals surface area contributed by atoms with Crippen LogP contribution in [0.2, 0.25) is 0 Å². The molecule has 0 aliphatic carbocycles. The number of hydrogen-bond acceptors (Lipinski definition) is 7. The standard InChI is InChI=1S/C13H26O7PS/c1-7-18-12(14)13(5,19-8-2)11(10(3)4)21(15)9-20-22(6,16)17/h10-11H,7-9H2,1-6H3/q+1. The number of hydrogen-bond donors (Lipinski definition) is 0. The fourth-order valence-electron chi connectivity index (χ4n) is 2.31. The van der Waals surface area contributed by atoms with Crippen molar-refractivity contribution in [2.24, 2.45) is 5.92 Å². The molecule has 130 valence electrons.